The third-order valence-corrected chi connectivity index (χ3v) is 4.34. The van der Waals surface area contributed by atoms with Crippen LogP contribution in [-0.4, -0.2) is 42.0 Å². The summed E-state index contributed by atoms with van der Waals surface area (Å²) in [5.41, 5.74) is 0.653. The van der Waals surface area contributed by atoms with Gasteiger partial charge < -0.3 is 9.64 Å². The van der Waals surface area contributed by atoms with Gasteiger partial charge in [-0.25, -0.2) is 4.90 Å². The molecule has 3 rings (SSSR count). The maximum atomic E-state index is 12.6. The van der Waals surface area contributed by atoms with Gasteiger partial charge in [-0.2, -0.15) is 0 Å². The first kappa shape index (κ1) is 18.5. The third kappa shape index (κ3) is 3.65. The van der Waals surface area contributed by atoms with Crippen molar-refractivity contribution in [3.8, 4) is 5.75 Å². The van der Waals surface area contributed by atoms with E-state index in [1.807, 2.05) is 38.2 Å². The van der Waals surface area contributed by atoms with Crippen molar-refractivity contribution in [3.05, 3.63) is 69.3 Å². The molecule has 2 amide bonds. The molecule has 1 unspecified atom stereocenters. The van der Waals surface area contributed by atoms with Crippen LogP contribution in [0.3, 0.4) is 0 Å². The Hall–Kier alpha value is -3.26. The molecule has 2 aromatic rings. The molecule has 0 fully saturated rings. The van der Waals surface area contributed by atoms with Gasteiger partial charge in [0.25, 0.3) is 17.5 Å². The minimum Gasteiger partial charge on any atom is -0.494 e. The number of hydrogen-bond acceptors (Lipinski definition) is 5. The summed E-state index contributed by atoms with van der Waals surface area (Å²) in [6.07, 6.45) is 0. The van der Waals surface area contributed by atoms with Crippen molar-refractivity contribution >= 4 is 17.5 Å². The number of hydrogen-bond donors (Lipinski definition) is 1. The molecule has 8 heteroatoms. The fourth-order valence-electron chi connectivity index (χ4n) is 3.16. The second kappa shape index (κ2) is 7.55. The summed E-state index contributed by atoms with van der Waals surface area (Å²) in [6, 6.07) is 11.7. The zero-order valence-corrected chi connectivity index (χ0v) is 15.1. The summed E-state index contributed by atoms with van der Waals surface area (Å²) >= 11 is 0. The largest absolute Gasteiger partial charge is 0.494 e. The first-order valence-corrected chi connectivity index (χ1v) is 8.59. The smallest absolute Gasteiger partial charge is 0.282 e. The molecule has 0 spiro atoms. The van der Waals surface area contributed by atoms with Crippen molar-refractivity contribution in [1.29, 1.82) is 0 Å². The second-order valence-electron chi connectivity index (χ2n) is 6.36. The number of carbonyl (C=O) groups is 2. The Morgan fingerprint density at radius 3 is 2.44 bits per heavy atom. The predicted molar refractivity (Wildman–Crippen MR) is 96.7 cm³/mol. The van der Waals surface area contributed by atoms with Gasteiger partial charge in [0.15, 0.2) is 6.67 Å². The lowest BCUT2D eigenvalue weighted by molar-refractivity contribution is -0.901. The Morgan fingerprint density at radius 2 is 1.81 bits per heavy atom. The lowest BCUT2D eigenvalue weighted by Gasteiger charge is -2.20. The van der Waals surface area contributed by atoms with Crippen LogP contribution in [0.2, 0.25) is 0 Å². The minimum absolute atomic E-state index is 0.0862. The van der Waals surface area contributed by atoms with Crippen LogP contribution in [0.1, 0.15) is 33.2 Å². The topological polar surface area (TPSA) is 94.2 Å². The van der Waals surface area contributed by atoms with Gasteiger partial charge in [0.2, 0.25) is 0 Å². The standard InChI is InChI=1S/C19H19N3O5/c1-3-27-14-9-7-13(8-10-14)11-20(2)12-21-18(23)15-5-4-6-16(22(25)26)17(15)19(21)24/h4-10H,3,11-12H2,1-2H3/p+1. The summed E-state index contributed by atoms with van der Waals surface area (Å²) in [4.78, 5) is 37.6. The number of nitrogens with one attached hydrogen (secondary N) is 1. The van der Waals surface area contributed by atoms with Crippen molar-refractivity contribution in [1.82, 2.24) is 4.90 Å². The van der Waals surface area contributed by atoms with Gasteiger partial charge in [-0.15, -0.1) is 0 Å². The van der Waals surface area contributed by atoms with E-state index >= 15 is 0 Å². The normalized spacial score (nSPS) is 14.2. The maximum Gasteiger partial charge on any atom is 0.282 e. The maximum absolute atomic E-state index is 12.6. The van der Waals surface area contributed by atoms with E-state index in [1.54, 1.807) is 0 Å². The number of nitrogens with zero attached hydrogens (tertiary/aromatic N) is 2. The number of amides is 2. The average molecular weight is 370 g/mol. The average Bonchev–Trinajstić information content (AvgIpc) is 2.88. The molecule has 140 valence electrons. The molecule has 0 radical (unpaired) electrons. The molecular formula is C19H20N3O5+. The number of nitro groups is 1. The van der Waals surface area contributed by atoms with Crippen LogP contribution in [0.15, 0.2) is 42.5 Å². The van der Waals surface area contributed by atoms with E-state index in [4.69, 9.17) is 4.74 Å². The number of benzene rings is 2. The van der Waals surface area contributed by atoms with E-state index in [0.29, 0.717) is 13.2 Å². The molecule has 27 heavy (non-hydrogen) atoms. The number of nitro benzene ring substituents is 1. The van der Waals surface area contributed by atoms with E-state index < -0.39 is 16.7 Å². The molecule has 0 saturated carbocycles. The van der Waals surface area contributed by atoms with Crippen LogP contribution in [0.25, 0.3) is 0 Å². The van der Waals surface area contributed by atoms with Gasteiger partial charge in [0.05, 0.1) is 24.1 Å². The fraction of sp³-hybridized carbons (Fsp3) is 0.263. The molecule has 1 heterocycles. The highest BCUT2D eigenvalue weighted by Gasteiger charge is 2.42. The van der Waals surface area contributed by atoms with Crippen LogP contribution in [0.5, 0.6) is 5.75 Å². The van der Waals surface area contributed by atoms with E-state index in [1.165, 1.54) is 18.2 Å². The van der Waals surface area contributed by atoms with Gasteiger partial charge in [-0.05, 0) is 37.3 Å². The third-order valence-electron chi connectivity index (χ3n) is 4.34. The Labute approximate surface area is 156 Å². The van der Waals surface area contributed by atoms with Crippen molar-refractivity contribution in [2.75, 3.05) is 20.3 Å². The molecule has 1 N–H and O–H groups in total. The SMILES string of the molecule is CCOc1ccc(C[NH+](C)CN2C(=O)c3cccc([N+](=O)[O-])c3C2=O)cc1. The molecule has 0 saturated heterocycles. The zero-order valence-electron chi connectivity index (χ0n) is 15.1. The van der Waals surface area contributed by atoms with Crippen molar-refractivity contribution in [2.45, 2.75) is 13.5 Å². The Kier molecular flexibility index (Phi) is 5.18. The van der Waals surface area contributed by atoms with Crippen LogP contribution in [0, 0.1) is 10.1 Å². The molecule has 1 aliphatic rings. The van der Waals surface area contributed by atoms with E-state index in [2.05, 4.69) is 0 Å². The molecule has 0 aromatic heterocycles. The van der Waals surface area contributed by atoms with Gasteiger partial charge >= 0.3 is 0 Å². The lowest BCUT2D eigenvalue weighted by Crippen LogP contribution is -3.09. The summed E-state index contributed by atoms with van der Waals surface area (Å²) in [5, 5.41) is 11.2. The predicted octanol–water partition coefficient (Wildman–Crippen LogP) is 1.26. The number of carbonyl (C=O) groups excluding carboxylic acids is 2. The Bertz CT molecular complexity index is 895. The van der Waals surface area contributed by atoms with Gasteiger partial charge in [-0.1, -0.05) is 6.07 Å². The van der Waals surface area contributed by atoms with Crippen LogP contribution >= 0.6 is 0 Å². The van der Waals surface area contributed by atoms with Gasteiger partial charge in [0, 0.05) is 11.6 Å². The van der Waals surface area contributed by atoms with E-state index in [9.17, 15) is 19.7 Å². The Balaban J connectivity index is 1.72. The number of quaternary nitrogens is 1. The molecule has 1 aliphatic heterocycles. The molecule has 8 nitrogen and oxygen atoms in total. The fourth-order valence-corrected chi connectivity index (χ4v) is 3.16. The molecule has 0 aliphatic carbocycles. The van der Waals surface area contributed by atoms with Crippen molar-refractivity contribution in [2.24, 2.45) is 0 Å². The summed E-state index contributed by atoms with van der Waals surface area (Å²) in [7, 11) is 1.86. The molecular weight excluding hydrogens is 350 g/mol. The highest BCUT2D eigenvalue weighted by atomic mass is 16.6. The van der Waals surface area contributed by atoms with Crippen molar-refractivity contribution < 1.29 is 24.1 Å². The first-order valence-electron chi connectivity index (χ1n) is 8.59. The number of imide groups is 1. The summed E-state index contributed by atoms with van der Waals surface area (Å²) in [5.74, 6) is -0.329. The van der Waals surface area contributed by atoms with Crippen LogP contribution in [0.4, 0.5) is 5.69 Å². The number of ether oxygens (including phenoxy) is 1. The van der Waals surface area contributed by atoms with E-state index in [0.717, 1.165) is 21.1 Å². The second-order valence-corrected chi connectivity index (χ2v) is 6.36. The Morgan fingerprint density at radius 1 is 1.11 bits per heavy atom. The van der Waals surface area contributed by atoms with Gasteiger partial charge in [0.1, 0.15) is 17.9 Å². The lowest BCUT2D eigenvalue weighted by atomic mass is 10.1. The quantitative estimate of drug-likeness (QED) is 0.450. The van der Waals surface area contributed by atoms with Crippen molar-refractivity contribution in [3.63, 3.8) is 0 Å². The zero-order chi connectivity index (χ0) is 19.6. The number of fused-ring (bicyclic) bond motifs is 1. The minimum atomic E-state index is -0.635. The summed E-state index contributed by atoms with van der Waals surface area (Å²) < 4.78 is 5.41. The highest BCUT2D eigenvalue weighted by molar-refractivity contribution is 6.23. The van der Waals surface area contributed by atoms with Crippen LogP contribution < -0.4 is 9.64 Å². The number of rotatable bonds is 7. The van der Waals surface area contributed by atoms with Gasteiger partial charge in [-0.3, -0.25) is 19.7 Å². The molecule has 0 bridgehead atoms. The highest BCUT2D eigenvalue weighted by Crippen LogP contribution is 2.30. The monoisotopic (exact) mass is 370 g/mol. The molecule has 2 aromatic carbocycles. The first-order chi connectivity index (χ1) is 12.9. The van der Waals surface area contributed by atoms with Crippen LogP contribution in [-0.2, 0) is 6.54 Å². The molecule has 1 atom stereocenters. The van der Waals surface area contributed by atoms with E-state index in [-0.39, 0.29) is 23.5 Å². The summed E-state index contributed by atoms with van der Waals surface area (Å²) in [6.45, 7) is 3.22.